The number of methoxy groups -OCH3 is 1. The van der Waals surface area contributed by atoms with E-state index in [1.165, 1.54) is 0 Å². The van der Waals surface area contributed by atoms with E-state index in [0.717, 1.165) is 22.5 Å². The average molecular weight is 417 g/mol. The minimum atomic E-state index is -0.0113. The van der Waals surface area contributed by atoms with Crippen molar-refractivity contribution in [3.05, 3.63) is 29.0 Å². The van der Waals surface area contributed by atoms with Gasteiger partial charge in [-0.3, -0.25) is 4.79 Å². The molecular weight excluding hydrogens is 392 g/mol. The van der Waals surface area contributed by atoms with Gasteiger partial charge in [-0.15, -0.1) is 10.2 Å². The number of hydrogen-bond acceptors (Lipinski definition) is 6. The zero-order valence-electron chi connectivity index (χ0n) is 17.1. The first-order valence-electron chi connectivity index (χ1n) is 9.78. The minimum Gasteiger partial charge on any atom is -0.377 e. The summed E-state index contributed by atoms with van der Waals surface area (Å²) in [5.74, 6) is 1.61. The van der Waals surface area contributed by atoms with Crippen molar-refractivity contribution >= 4 is 40.0 Å². The molecule has 2 aromatic heterocycles. The molecule has 9 heteroatoms. The third-order valence-corrected chi connectivity index (χ3v) is 5.55. The van der Waals surface area contributed by atoms with Crippen LogP contribution in [-0.2, 0) is 16.1 Å². The van der Waals surface area contributed by atoms with E-state index in [2.05, 4.69) is 22.0 Å². The van der Waals surface area contributed by atoms with Crippen molar-refractivity contribution < 1.29 is 9.53 Å². The number of anilines is 1. The molecule has 0 radical (unpaired) electrons. The molecule has 0 aliphatic carbocycles. The Hall–Kier alpha value is -2.45. The summed E-state index contributed by atoms with van der Waals surface area (Å²) in [6.45, 7) is 8.29. The van der Waals surface area contributed by atoms with Crippen LogP contribution in [0.25, 0.3) is 16.6 Å². The highest BCUT2D eigenvalue weighted by molar-refractivity contribution is 6.31. The third kappa shape index (κ3) is 3.51. The van der Waals surface area contributed by atoms with E-state index in [-0.39, 0.29) is 17.9 Å². The number of piperazine rings is 1. The number of halogens is 1. The fourth-order valence-electron chi connectivity index (χ4n) is 3.88. The lowest BCUT2D eigenvalue weighted by atomic mass is 10.1. The number of amides is 1. The van der Waals surface area contributed by atoms with E-state index in [9.17, 15) is 4.79 Å². The Kier molecular flexibility index (Phi) is 5.31. The Bertz CT molecular complexity index is 1070. The highest BCUT2D eigenvalue weighted by Crippen LogP contribution is 2.28. The molecule has 0 bridgehead atoms. The third-order valence-electron chi connectivity index (χ3n) is 5.31. The maximum atomic E-state index is 12.5. The molecule has 1 saturated heterocycles. The fraction of sp³-hybridized carbons (Fsp3) is 0.500. The maximum Gasteiger partial charge on any atom is 0.225 e. The van der Waals surface area contributed by atoms with E-state index in [1.807, 2.05) is 41.3 Å². The van der Waals surface area contributed by atoms with Crippen LogP contribution in [0.4, 0.5) is 5.95 Å². The molecule has 0 N–H and O–H groups in total. The minimum absolute atomic E-state index is 0.0113. The molecule has 29 heavy (non-hydrogen) atoms. The van der Waals surface area contributed by atoms with Crippen molar-refractivity contribution in [2.45, 2.75) is 33.4 Å². The molecule has 1 aliphatic rings. The number of rotatable bonds is 4. The number of fused-ring (bicyclic) bond motifs is 3. The summed E-state index contributed by atoms with van der Waals surface area (Å²) >= 11 is 6.21. The van der Waals surface area contributed by atoms with Gasteiger partial charge in [0.05, 0.1) is 5.52 Å². The number of nitrogens with zero attached hydrogens (tertiary/aromatic N) is 6. The summed E-state index contributed by atoms with van der Waals surface area (Å²) in [5.41, 5.74) is 1.49. The quantitative estimate of drug-likeness (QED) is 0.651. The van der Waals surface area contributed by atoms with Crippen LogP contribution in [0.1, 0.15) is 26.6 Å². The van der Waals surface area contributed by atoms with Crippen molar-refractivity contribution in [3.63, 3.8) is 0 Å². The maximum absolute atomic E-state index is 12.5. The predicted molar refractivity (Wildman–Crippen MR) is 112 cm³/mol. The normalized spacial score (nSPS) is 17.7. The fourth-order valence-corrected chi connectivity index (χ4v) is 4.04. The monoisotopic (exact) mass is 416 g/mol. The van der Waals surface area contributed by atoms with Crippen LogP contribution in [-0.4, -0.2) is 63.2 Å². The first kappa shape index (κ1) is 19.8. The molecule has 8 nitrogen and oxygen atoms in total. The van der Waals surface area contributed by atoms with Gasteiger partial charge in [0.2, 0.25) is 11.9 Å². The van der Waals surface area contributed by atoms with Gasteiger partial charge in [-0.05, 0) is 25.1 Å². The summed E-state index contributed by atoms with van der Waals surface area (Å²) in [6, 6.07) is 5.66. The first-order valence-corrected chi connectivity index (χ1v) is 10.2. The molecular formula is C20H25ClN6O2. The molecule has 1 fully saturated rings. The average Bonchev–Trinajstić information content (AvgIpc) is 3.10. The summed E-state index contributed by atoms with van der Waals surface area (Å²) < 4.78 is 7.27. The van der Waals surface area contributed by atoms with Gasteiger partial charge in [0.15, 0.2) is 11.5 Å². The number of carbonyl (C=O) groups is 1. The molecule has 1 aromatic carbocycles. The van der Waals surface area contributed by atoms with E-state index in [4.69, 9.17) is 21.3 Å². The SMILES string of the molecule is COCc1nnc2c3ccc(Cl)cc3nc(N3CCN(C(=O)C(C)C)C(C)C3)n12. The number of ether oxygens (including phenoxy) is 1. The zero-order valence-corrected chi connectivity index (χ0v) is 17.8. The van der Waals surface area contributed by atoms with Crippen molar-refractivity contribution in [1.29, 1.82) is 0 Å². The number of aromatic nitrogens is 4. The lowest BCUT2D eigenvalue weighted by molar-refractivity contribution is -0.136. The van der Waals surface area contributed by atoms with Crippen molar-refractivity contribution in [2.75, 3.05) is 31.6 Å². The topological polar surface area (TPSA) is 75.9 Å². The molecule has 154 valence electrons. The van der Waals surface area contributed by atoms with Gasteiger partial charge in [-0.25, -0.2) is 9.38 Å². The van der Waals surface area contributed by atoms with Crippen molar-refractivity contribution in [3.8, 4) is 0 Å². The molecule has 0 spiro atoms. The summed E-state index contributed by atoms with van der Waals surface area (Å²) in [6.07, 6.45) is 0. The molecule has 0 saturated carbocycles. The smallest absolute Gasteiger partial charge is 0.225 e. The van der Waals surface area contributed by atoms with Crippen LogP contribution in [0, 0.1) is 5.92 Å². The van der Waals surface area contributed by atoms with Crippen molar-refractivity contribution in [1.82, 2.24) is 24.5 Å². The van der Waals surface area contributed by atoms with Gasteiger partial charge in [0.1, 0.15) is 6.61 Å². The Morgan fingerprint density at radius 2 is 2.10 bits per heavy atom. The molecule has 1 aliphatic heterocycles. The second kappa shape index (κ2) is 7.76. The van der Waals surface area contributed by atoms with Gasteiger partial charge in [0.25, 0.3) is 0 Å². The van der Waals surface area contributed by atoms with Gasteiger partial charge >= 0.3 is 0 Å². The Balaban J connectivity index is 1.80. The second-order valence-electron chi connectivity index (χ2n) is 7.76. The van der Waals surface area contributed by atoms with E-state index >= 15 is 0 Å². The lowest BCUT2D eigenvalue weighted by Crippen LogP contribution is -2.55. The molecule has 1 atom stereocenters. The standard InChI is InChI=1S/C20H25ClN6O2/c1-12(2)19(28)26-8-7-25(10-13(26)3)20-22-16-9-14(21)5-6-15(16)18-24-23-17(11-29-4)27(18)20/h5-6,9,12-13H,7-8,10-11H2,1-4H3. The second-order valence-corrected chi connectivity index (χ2v) is 8.20. The molecule has 3 aromatic rings. The van der Waals surface area contributed by atoms with Gasteiger partial charge < -0.3 is 14.5 Å². The summed E-state index contributed by atoms with van der Waals surface area (Å²) in [7, 11) is 1.63. The molecule has 1 amide bonds. The predicted octanol–water partition coefficient (Wildman–Crippen LogP) is 2.77. The number of hydrogen-bond donors (Lipinski definition) is 0. The van der Waals surface area contributed by atoms with E-state index in [1.54, 1.807) is 7.11 Å². The highest BCUT2D eigenvalue weighted by Gasteiger charge is 2.31. The highest BCUT2D eigenvalue weighted by atomic mass is 35.5. The molecule has 4 rings (SSSR count). The number of carbonyl (C=O) groups excluding carboxylic acids is 1. The van der Waals surface area contributed by atoms with Gasteiger partial charge in [-0.1, -0.05) is 25.4 Å². The van der Waals surface area contributed by atoms with Crippen molar-refractivity contribution in [2.24, 2.45) is 5.92 Å². The Morgan fingerprint density at radius 1 is 1.31 bits per heavy atom. The van der Waals surface area contributed by atoms with E-state index in [0.29, 0.717) is 37.1 Å². The van der Waals surface area contributed by atoms with Crippen LogP contribution in [0.3, 0.4) is 0 Å². The zero-order chi connectivity index (χ0) is 20.7. The number of benzene rings is 1. The first-order chi connectivity index (χ1) is 13.9. The van der Waals surface area contributed by atoms with Gasteiger partial charge in [-0.2, -0.15) is 0 Å². The van der Waals surface area contributed by atoms with Crippen LogP contribution in [0.2, 0.25) is 5.02 Å². The summed E-state index contributed by atoms with van der Waals surface area (Å²) in [5, 5.41) is 10.2. The van der Waals surface area contributed by atoms with Crippen LogP contribution < -0.4 is 4.90 Å². The lowest BCUT2D eigenvalue weighted by Gasteiger charge is -2.41. The largest absolute Gasteiger partial charge is 0.377 e. The van der Waals surface area contributed by atoms with Crippen LogP contribution >= 0.6 is 11.6 Å². The Morgan fingerprint density at radius 3 is 2.79 bits per heavy atom. The van der Waals surface area contributed by atoms with Crippen LogP contribution in [0.15, 0.2) is 18.2 Å². The Labute approximate surface area is 174 Å². The van der Waals surface area contributed by atoms with Crippen LogP contribution in [0.5, 0.6) is 0 Å². The molecule has 3 heterocycles. The van der Waals surface area contributed by atoms with Gasteiger partial charge in [0, 0.05) is 49.1 Å². The summed E-state index contributed by atoms with van der Waals surface area (Å²) in [4.78, 5) is 21.6. The van der Waals surface area contributed by atoms with E-state index < -0.39 is 0 Å². The molecule has 1 unspecified atom stereocenters.